The van der Waals surface area contributed by atoms with E-state index in [2.05, 4.69) is 0 Å². The molecular weight excluding hydrogens is 143 g/mol. The van der Waals surface area contributed by atoms with Gasteiger partial charge in [0.25, 0.3) is 0 Å². The summed E-state index contributed by atoms with van der Waals surface area (Å²) in [5, 5.41) is 0. The highest BCUT2D eigenvalue weighted by Crippen LogP contribution is 2.20. The lowest BCUT2D eigenvalue weighted by Crippen LogP contribution is -2.28. The van der Waals surface area contributed by atoms with E-state index in [0.29, 0.717) is 6.61 Å². The van der Waals surface area contributed by atoms with Crippen LogP contribution in [0.5, 0.6) is 0 Å². The molecule has 0 N–H and O–H groups in total. The Kier molecular flexibility index (Phi) is 2.57. The molecule has 0 saturated carbocycles. The van der Waals surface area contributed by atoms with Crippen LogP contribution in [0.4, 0.5) is 0 Å². The maximum absolute atomic E-state index is 5.42. The third-order valence-electron chi connectivity index (χ3n) is 1.37. The standard InChI is InChI=1S/C7H15BO3/c1-6(2)10-8-9-5-7(3,4)11-8/h6H,5H2,1-4H3. The van der Waals surface area contributed by atoms with Gasteiger partial charge >= 0.3 is 7.32 Å². The predicted molar refractivity (Wildman–Crippen MR) is 43.1 cm³/mol. The summed E-state index contributed by atoms with van der Waals surface area (Å²) in [6.45, 7) is 8.48. The van der Waals surface area contributed by atoms with E-state index in [-0.39, 0.29) is 11.7 Å². The summed E-state index contributed by atoms with van der Waals surface area (Å²) < 4.78 is 16.0. The Bertz CT molecular complexity index is 136. The van der Waals surface area contributed by atoms with Gasteiger partial charge in [0.1, 0.15) is 0 Å². The molecule has 3 nitrogen and oxygen atoms in total. The largest absolute Gasteiger partial charge is 0.640 e. The smallest absolute Gasteiger partial charge is 0.384 e. The molecule has 4 heteroatoms. The summed E-state index contributed by atoms with van der Waals surface area (Å²) in [5.74, 6) is 0. The lowest BCUT2D eigenvalue weighted by molar-refractivity contribution is 0.0921. The van der Waals surface area contributed by atoms with Gasteiger partial charge in [-0.1, -0.05) is 0 Å². The third-order valence-corrected chi connectivity index (χ3v) is 1.37. The van der Waals surface area contributed by atoms with Crippen LogP contribution in [0.3, 0.4) is 0 Å². The molecule has 1 fully saturated rings. The van der Waals surface area contributed by atoms with E-state index < -0.39 is 7.32 Å². The molecule has 0 radical (unpaired) electrons. The number of rotatable bonds is 2. The molecule has 0 aromatic heterocycles. The summed E-state index contributed by atoms with van der Waals surface area (Å²) >= 11 is 0. The highest BCUT2D eigenvalue weighted by Gasteiger charge is 2.39. The summed E-state index contributed by atoms with van der Waals surface area (Å²) in [6.07, 6.45) is 0.147. The lowest BCUT2D eigenvalue weighted by Gasteiger charge is -2.15. The van der Waals surface area contributed by atoms with E-state index in [1.54, 1.807) is 0 Å². The Hall–Kier alpha value is -0.0551. The summed E-state index contributed by atoms with van der Waals surface area (Å²) in [7, 11) is -0.468. The SMILES string of the molecule is CC(C)OB1OCC(C)(C)O1. The quantitative estimate of drug-likeness (QED) is 0.565. The molecule has 0 unspecified atom stereocenters. The molecule has 0 spiro atoms. The van der Waals surface area contributed by atoms with Crippen LogP contribution in [0.2, 0.25) is 0 Å². The van der Waals surface area contributed by atoms with Crippen molar-refractivity contribution in [3.63, 3.8) is 0 Å². The number of hydrogen-bond acceptors (Lipinski definition) is 3. The maximum atomic E-state index is 5.42. The molecule has 0 bridgehead atoms. The van der Waals surface area contributed by atoms with Crippen LogP contribution in [0, 0.1) is 0 Å². The topological polar surface area (TPSA) is 27.7 Å². The van der Waals surface area contributed by atoms with Crippen molar-refractivity contribution in [2.24, 2.45) is 0 Å². The minimum absolute atomic E-state index is 0.147. The van der Waals surface area contributed by atoms with Crippen LogP contribution in [0.1, 0.15) is 27.7 Å². The summed E-state index contributed by atoms with van der Waals surface area (Å²) in [6, 6.07) is 0. The molecule has 0 amide bonds. The molecule has 0 atom stereocenters. The van der Waals surface area contributed by atoms with Gasteiger partial charge in [-0.2, -0.15) is 0 Å². The lowest BCUT2D eigenvalue weighted by atomic mass is 10.1. The zero-order chi connectivity index (χ0) is 8.48. The van der Waals surface area contributed by atoms with E-state index in [4.69, 9.17) is 14.0 Å². The molecule has 1 heterocycles. The van der Waals surface area contributed by atoms with Gasteiger partial charge < -0.3 is 14.0 Å². The molecule has 1 aliphatic rings. The predicted octanol–water partition coefficient (Wildman–Crippen LogP) is 1.22. The Morgan fingerprint density at radius 1 is 1.45 bits per heavy atom. The molecule has 1 aliphatic heterocycles. The third kappa shape index (κ3) is 2.81. The second-order valence-electron chi connectivity index (χ2n) is 3.66. The number of hydrogen-bond donors (Lipinski definition) is 0. The average molecular weight is 158 g/mol. The van der Waals surface area contributed by atoms with E-state index in [1.165, 1.54) is 0 Å². The van der Waals surface area contributed by atoms with Crippen molar-refractivity contribution in [3.05, 3.63) is 0 Å². The van der Waals surface area contributed by atoms with Gasteiger partial charge in [-0.15, -0.1) is 0 Å². The Morgan fingerprint density at radius 3 is 2.45 bits per heavy atom. The van der Waals surface area contributed by atoms with Crippen LogP contribution in [-0.4, -0.2) is 25.6 Å². The Morgan fingerprint density at radius 2 is 2.09 bits per heavy atom. The van der Waals surface area contributed by atoms with Crippen molar-refractivity contribution < 1.29 is 14.0 Å². The second kappa shape index (κ2) is 3.13. The molecule has 0 aliphatic carbocycles. The molecule has 1 saturated heterocycles. The molecule has 11 heavy (non-hydrogen) atoms. The fraction of sp³-hybridized carbons (Fsp3) is 1.00. The van der Waals surface area contributed by atoms with E-state index in [9.17, 15) is 0 Å². The fourth-order valence-corrected chi connectivity index (χ4v) is 0.887. The van der Waals surface area contributed by atoms with Crippen molar-refractivity contribution in [2.45, 2.75) is 39.4 Å². The first kappa shape index (κ1) is 9.04. The van der Waals surface area contributed by atoms with E-state index in [0.717, 1.165) is 0 Å². The van der Waals surface area contributed by atoms with Crippen molar-refractivity contribution in [3.8, 4) is 0 Å². The summed E-state index contributed by atoms with van der Waals surface area (Å²) in [4.78, 5) is 0. The zero-order valence-electron chi connectivity index (χ0n) is 7.59. The molecular formula is C7H15BO3. The van der Waals surface area contributed by atoms with Crippen LogP contribution in [-0.2, 0) is 14.0 Å². The fourth-order valence-electron chi connectivity index (χ4n) is 0.887. The highest BCUT2D eigenvalue weighted by atomic mass is 16.8. The van der Waals surface area contributed by atoms with E-state index >= 15 is 0 Å². The van der Waals surface area contributed by atoms with Gasteiger partial charge in [0, 0.05) is 6.10 Å². The van der Waals surface area contributed by atoms with Crippen molar-refractivity contribution in [1.29, 1.82) is 0 Å². The van der Waals surface area contributed by atoms with Crippen molar-refractivity contribution >= 4 is 7.32 Å². The van der Waals surface area contributed by atoms with Crippen LogP contribution >= 0.6 is 0 Å². The van der Waals surface area contributed by atoms with Gasteiger partial charge in [0.2, 0.25) is 0 Å². The van der Waals surface area contributed by atoms with Gasteiger partial charge in [-0.3, -0.25) is 0 Å². The van der Waals surface area contributed by atoms with Crippen LogP contribution in [0.15, 0.2) is 0 Å². The van der Waals surface area contributed by atoms with Crippen LogP contribution < -0.4 is 0 Å². The van der Waals surface area contributed by atoms with Crippen molar-refractivity contribution in [1.82, 2.24) is 0 Å². The zero-order valence-corrected chi connectivity index (χ0v) is 7.59. The second-order valence-corrected chi connectivity index (χ2v) is 3.66. The average Bonchev–Trinajstić information content (AvgIpc) is 2.08. The van der Waals surface area contributed by atoms with Gasteiger partial charge in [-0.05, 0) is 27.7 Å². The van der Waals surface area contributed by atoms with Gasteiger partial charge in [0.15, 0.2) is 0 Å². The maximum Gasteiger partial charge on any atom is 0.640 e. The monoisotopic (exact) mass is 158 g/mol. The van der Waals surface area contributed by atoms with Crippen LogP contribution in [0.25, 0.3) is 0 Å². The highest BCUT2D eigenvalue weighted by molar-refractivity contribution is 6.37. The van der Waals surface area contributed by atoms with Crippen molar-refractivity contribution in [2.75, 3.05) is 6.61 Å². The molecule has 0 aromatic carbocycles. The molecule has 1 rings (SSSR count). The minimum Gasteiger partial charge on any atom is -0.384 e. The molecule has 0 aromatic rings. The minimum atomic E-state index is -0.468. The summed E-state index contributed by atoms with van der Waals surface area (Å²) in [5.41, 5.74) is -0.195. The first-order valence-electron chi connectivity index (χ1n) is 3.94. The first-order valence-corrected chi connectivity index (χ1v) is 3.94. The van der Waals surface area contributed by atoms with Gasteiger partial charge in [-0.25, -0.2) is 0 Å². The Balaban J connectivity index is 2.31. The van der Waals surface area contributed by atoms with E-state index in [1.807, 2.05) is 27.7 Å². The molecule has 64 valence electrons. The van der Waals surface area contributed by atoms with Gasteiger partial charge in [0.05, 0.1) is 12.2 Å². The normalized spacial score (nSPS) is 23.2. The first-order chi connectivity index (χ1) is 4.99. The Labute approximate surface area is 68.2 Å².